The standard InChI is InChI=1S/C17H16N2O4S/c1-13-18-17(12-19(13)2)24(20,21)23-16-10-8-15(9-11-16)22-14-6-4-3-5-7-14/h3-12H,1-2H3. The van der Waals surface area contributed by atoms with Crippen molar-refractivity contribution in [3.63, 3.8) is 0 Å². The van der Waals surface area contributed by atoms with E-state index in [0.29, 0.717) is 17.3 Å². The number of nitrogens with zero attached hydrogens (tertiary/aromatic N) is 2. The predicted molar refractivity (Wildman–Crippen MR) is 88.7 cm³/mol. The average molecular weight is 344 g/mol. The van der Waals surface area contributed by atoms with Gasteiger partial charge in [-0.3, -0.25) is 0 Å². The number of imidazole rings is 1. The molecule has 0 saturated carbocycles. The number of aryl methyl sites for hydroxylation is 2. The third-order valence-corrected chi connectivity index (χ3v) is 4.47. The summed E-state index contributed by atoms with van der Waals surface area (Å²) in [7, 11) is -2.24. The summed E-state index contributed by atoms with van der Waals surface area (Å²) in [6.07, 6.45) is 1.41. The van der Waals surface area contributed by atoms with Crippen molar-refractivity contribution in [3.8, 4) is 17.2 Å². The van der Waals surface area contributed by atoms with Gasteiger partial charge in [0.2, 0.25) is 5.03 Å². The summed E-state index contributed by atoms with van der Waals surface area (Å²) in [5.74, 6) is 2.06. The van der Waals surface area contributed by atoms with Crippen molar-refractivity contribution in [1.29, 1.82) is 0 Å². The summed E-state index contributed by atoms with van der Waals surface area (Å²) in [6, 6.07) is 15.6. The van der Waals surface area contributed by atoms with Crippen LogP contribution in [0.25, 0.3) is 0 Å². The first-order valence-electron chi connectivity index (χ1n) is 7.21. The van der Waals surface area contributed by atoms with E-state index in [0.717, 1.165) is 0 Å². The Morgan fingerprint density at radius 3 is 2.08 bits per heavy atom. The Balaban J connectivity index is 1.74. The highest BCUT2D eigenvalue weighted by atomic mass is 32.2. The van der Waals surface area contributed by atoms with Gasteiger partial charge in [-0.25, -0.2) is 4.98 Å². The summed E-state index contributed by atoms with van der Waals surface area (Å²) in [5, 5.41) is -0.118. The van der Waals surface area contributed by atoms with Gasteiger partial charge in [-0.2, -0.15) is 8.42 Å². The minimum Gasteiger partial charge on any atom is -0.457 e. The highest BCUT2D eigenvalue weighted by Gasteiger charge is 2.21. The van der Waals surface area contributed by atoms with Crippen LogP contribution in [0.1, 0.15) is 5.82 Å². The molecule has 3 aromatic rings. The largest absolute Gasteiger partial charge is 0.457 e. The molecule has 0 bridgehead atoms. The number of hydrogen-bond acceptors (Lipinski definition) is 5. The quantitative estimate of drug-likeness (QED) is 0.664. The molecule has 0 radical (unpaired) electrons. The molecular formula is C17H16N2O4S. The molecule has 2 aromatic carbocycles. The van der Waals surface area contributed by atoms with Crippen LogP contribution in [0.2, 0.25) is 0 Å². The molecule has 124 valence electrons. The van der Waals surface area contributed by atoms with Gasteiger partial charge in [0.25, 0.3) is 0 Å². The van der Waals surface area contributed by atoms with Gasteiger partial charge >= 0.3 is 10.1 Å². The maximum atomic E-state index is 12.2. The fourth-order valence-corrected chi connectivity index (χ4v) is 2.98. The number of aromatic nitrogens is 2. The minimum absolute atomic E-state index is 0.118. The van der Waals surface area contributed by atoms with Crippen LogP contribution >= 0.6 is 0 Å². The fraction of sp³-hybridized carbons (Fsp3) is 0.118. The van der Waals surface area contributed by atoms with Crippen LogP contribution in [0.15, 0.2) is 65.8 Å². The number of para-hydroxylation sites is 1. The highest BCUT2D eigenvalue weighted by molar-refractivity contribution is 7.87. The van der Waals surface area contributed by atoms with Gasteiger partial charge in [0.1, 0.15) is 23.1 Å². The Labute approximate surface area is 140 Å². The fourth-order valence-electron chi connectivity index (χ4n) is 2.00. The Hall–Kier alpha value is -2.80. The SMILES string of the molecule is Cc1nc(S(=O)(=O)Oc2ccc(Oc3ccccc3)cc2)cn1C. The molecule has 3 rings (SSSR count). The Morgan fingerprint density at radius 1 is 0.917 bits per heavy atom. The van der Waals surface area contributed by atoms with Crippen molar-refractivity contribution >= 4 is 10.1 Å². The second-order valence-electron chi connectivity index (χ2n) is 5.16. The molecule has 0 aliphatic heterocycles. The second-order valence-corrected chi connectivity index (χ2v) is 6.65. The Morgan fingerprint density at radius 2 is 1.50 bits per heavy atom. The van der Waals surface area contributed by atoms with Crippen molar-refractivity contribution in [2.24, 2.45) is 7.05 Å². The first kappa shape index (κ1) is 16.1. The van der Waals surface area contributed by atoms with E-state index in [1.165, 1.54) is 18.3 Å². The third-order valence-electron chi connectivity index (χ3n) is 3.35. The lowest BCUT2D eigenvalue weighted by Crippen LogP contribution is -2.10. The van der Waals surface area contributed by atoms with Crippen LogP contribution in [0.4, 0.5) is 0 Å². The van der Waals surface area contributed by atoms with Crippen molar-refractivity contribution in [2.75, 3.05) is 0 Å². The Kier molecular flexibility index (Phi) is 4.26. The van der Waals surface area contributed by atoms with E-state index in [-0.39, 0.29) is 10.8 Å². The van der Waals surface area contributed by atoms with Crippen LogP contribution in [0.5, 0.6) is 17.2 Å². The summed E-state index contributed by atoms with van der Waals surface area (Å²) >= 11 is 0. The third kappa shape index (κ3) is 3.57. The zero-order chi connectivity index (χ0) is 17.2. The summed E-state index contributed by atoms with van der Waals surface area (Å²) in [4.78, 5) is 3.98. The van der Waals surface area contributed by atoms with Gasteiger partial charge in [0, 0.05) is 13.2 Å². The molecule has 0 aliphatic carbocycles. The molecular weight excluding hydrogens is 328 g/mol. The first-order chi connectivity index (χ1) is 11.4. The number of benzene rings is 2. The molecule has 1 heterocycles. The average Bonchev–Trinajstić information content (AvgIpc) is 2.90. The molecule has 0 aliphatic rings. The van der Waals surface area contributed by atoms with E-state index in [9.17, 15) is 8.42 Å². The number of hydrogen-bond donors (Lipinski definition) is 0. The zero-order valence-electron chi connectivity index (χ0n) is 13.2. The first-order valence-corrected chi connectivity index (χ1v) is 8.62. The van der Waals surface area contributed by atoms with Crippen molar-refractivity contribution in [3.05, 3.63) is 66.6 Å². The van der Waals surface area contributed by atoms with Crippen LogP contribution in [-0.2, 0) is 17.2 Å². The molecule has 24 heavy (non-hydrogen) atoms. The van der Waals surface area contributed by atoms with Crippen LogP contribution < -0.4 is 8.92 Å². The molecule has 1 aromatic heterocycles. The topological polar surface area (TPSA) is 70.4 Å². The predicted octanol–water partition coefficient (Wildman–Crippen LogP) is 3.29. The monoisotopic (exact) mass is 344 g/mol. The summed E-state index contributed by atoms with van der Waals surface area (Å²) < 4.78 is 36.8. The van der Waals surface area contributed by atoms with E-state index in [2.05, 4.69) is 4.98 Å². The van der Waals surface area contributed by atoms with Gasteiger partial charge in [-0.1, -0.05) is 18.2 Å². The lowest BCUT2D eigenvalue weighted by Gasteiger charge is -2.07. The van der Waals surface area contributed by atoms with E-state index < -0.39 is 10.1 Å². The van der Waals surface area contributed by atoms with E-state index in [1.807, 2.05) is 30.3 Å². The van der Waals surface area contributed by atoms with Gasteiger partial charge < -0.3 is 13.5 Å². The smallest absolute Gasteiger partial charge is 0.358 e. The van der Waals surface area contributed by atoms with Crippen LogP contribution in [0, 0.1) is 6.92 Å². The molecule has 0 fully saturated rings. The van der Waals surface area contributed by atoms with Gasteiger partial charge in [-0.05, 0) is 43.3 Å². The lowest BCUT2D eigenvalue weighted by molar-refractivity contribution is 0.473. The van der Waals surface area contributed by atoms with Crippen molar-refractivity contribution in [1.82, 2.24) is 9.55 Å². The van der Waals surface area contributed by atoms with Crippen molar-refractivity contribution < 1.29 is 17.3 Å². The normalized spacial score (nSPS) is 11.2. The molecule has 7 heteroatoms. The molecule has 6 nitrogen and oxygen atoms in total. The second kappa shape index (κ2) is 6.37. The van der Waals surface area contributed by atoms with Crippen LogP contribution in [-0.4, -0.2) is 18.0 Å². The lowest BCUT2D eigenvalue weighted by atomic mass is 10.3. The van der Waals surface area contributed by atoms with Crippen molar-refractivity contribution in [2.45, 2.75) is 11.9 Å². The summed E-state index contributed by atoms with van der Waals surface area (Å²) in [6.45, 7) is 1.72. The molecule has 0 atom stereocenters. The maximum absolute atomic E-state index is 12.2. The molecule has 0 unspecified atom stereocenters. The van der Waals surface area contributed by atoms with Crippen LogP contribution in [0.3, 0.4) is 0 Å². The van der Waals surface area contributed by atoms with Gasteiger partial charge in [0.05, 0.1) is 0 Å². The molecule has 0 saturated heterocycles. The van der Waals surface area contributed by atoms with E-state index in [1.54, 1.807) is 30.7 Å². The molecule has 0 amide bonds. The van der Waals surface area contributed by atoms with Gasteiger partial charge in [0.15, 0.2) is 0 Å². The molecule has 0 spiro atoms. The molecule has 0 N–H and O–H groups in total. The minimum atomic E-state index is -3.96. The number of rotatable bonds is 5. The number of ether oxygens (including phenoxy) is 1. The summed E-state index contributed by atoms with van der Waals surface area (Å²) in [5.41, 5.74) is 0. The van der Waals surface area contributed by atoms with E-state index in [4.69, 9.17) is 8.92 Å². The van der Waals surface area contributed by atoms with E-state index >= 15 is 0 Å². The highest BCUT2D eigenvalue weighted by Crippen LogP contribution is 2.25. The maximum Gasteiger partial charge on any atom is 0.358 e. The Bertz CT molecular complexity index is 913. The zero-order valence-corrected chi connectivity index (χ0v) is 14.0. The van der Waals surface area contributed by atoms with Gasteiger partial charge in [-0.15, -0.1) is 0 Å².